The van der Waals surface area contributed by atoms with Gasteiger partial charge in [0, 0.05) is 0 Å². The number of hydrogen-bond acceptors (Lipinski definition) is 3. The third-order valence-electron chi connectivity index (χ3n) is 2.78. The third kappa shape index (κ3) is 3.10. The number of aryl methyl sites for hydroxylation is 1. The second-order valence-corrected chi connectivity index (χ2v) is 4.33. The fourth-order valence-electron chi connectivity index (χ4n) is 1.75. The van der Waals surface area contributed by atoms with E-state index in [1.807, 2.05) is 6.92 Å². The molecule has 0 saturated carbocycles. The fourth-order valence-corrected chi connectivity index (χ4v) is 1.75. The summed E-state index contributed by atoms with van der Waals surface area (Å²) >= 11 is 0. The van der Waals surface area contributed by atoms with E-state index in [0.717, 1.165) is 5.56 Å². The highest BCUT2D eigenvalue weighted by Gasteiger charge is 2.18. The van der Waals surface area contributed by atoms with Gasteiger partial charge in [0.25, 0.3) is 0 Å². The molecule has 110 valence electrons. The first-order chi connectivity index (χ1) is 9.92. The molecule has 0 amide bonds. The lowest BCUT2D eigenvalue weighted by molar-refractivity contribution is 0.0695. The Bertz CT molecular complexity index is 675. The summed E-state index contributed by atoms with van der Waals surface area (Å²) in [6, 6.07) is 6.25. The first kappa shape index (κ1) is 14.8. The lowest BCUT2D eigenvalue weighted by Crippen LogP contribution is -2.01. The van der Waals surface area contributed by atoms with Crippen LogP contribution in [0.2, 0.25) is 0 Å². The first-order valence-electron chi connectivity index (χ1n) is 5.97. The highest BCUT2D eigenvalue weighted by molar-refractivity contribution is 5.87. The minimum atomic E-state index is -1.42. The number of benzene rings is 2. The molecule has 2 rings (SSSR count). The minimum Gasteiger partial charge on any atom is -0.493 e. The van der Waals surface area contributed by atoms with Crippen LogP contribution in [0.3, 0.4) is 0 Å². The maximum atomic E-state index is 13.8. The SMILES string of the molecule is COc1cc(C)ccc1Oc1c(F)cc(C(=O)O)cc1F. The van der Waals surface area contributed by atoms with Crippen LogP contribution in [0.25, 0.3) is 0 Å². The molecule has 21 heavy (non-hydrogen) atoms. The van der Waals surface area contributed by atoms with Crippen LogP contribution in [0.1, 0.15) is 15.9 Å². The standard InChI is InChI=1S/C15H12F2O4/c1-8-3-4-12(13(5-8)20-2)21-14-10(16)6-9(15(18)19)7-11(14)17/h3-7H,1-2H3,(H,18,19). The molecule has 0 heterocycles. The maximum Gasteiger partial charge on any atom is 0.335 e. The molecule has 2 aromatic carbocycles. The Balaban J connectivity index is 2.43. The normalized spacial score (nSPS) is 10.3. The number of ether oxygens (including phenoxy) is 2. The van der Waals surface area contributed by atoms with E-state index in [1.54, 1.807) is 12.1 Å². The average molecular weight is 294 g/mol. The Morgan fingerprint density at radius 3 is 2.24 bits per heavy atom. The highest BCUT2D eigenvalue weighted by atomic mass is 19.1. The predicted molar refractivity (Wildman–Crippen MR) is 71.1 cm³/mol. The Morgan fingerprint density at radius 1 is 1.10 bits per heavy atom. The van der Waals surface area contributed by atoms with Gasteiger partial charge < -0.3 is 14.6 Å². The molecule has 1 N–H and O–H groups in total. The molecule has 0 bridgehead atoms. The van der Waals surface area contributed by atoms with Gasteiger partial charge >= 0.3 is 5.97 Å². The van der Waals surface area contributed by atoms with Crippen LogP contribution in [0.15, 0.2) is 30.3 Å². The molecular weight excluding hydrogens is 282 g/mol. The number of halogens is 2. The van der Waals surface area contributed by atoms with Crippen LogP contribution in [0.5, 0.6) is 17.2 Å². The molecule has 0 saturated heterocycles. The summed E-state index contributed by atoms with van der Waals surface area (Å²) in [6.45, 7) is 1.83. The van der Waals surface area contributed by atoms with Crippen molar-refractivity contribution in [1.82, 2.24) is 0 Å². The van der Waals surface area contributed by atoms with Gasteiger partial charge in [-0.3, -0.25) is 0 Å². The molecule has 2 aromatic rings. The van der Waals surface area contributed by atoms with E-state index in [-0.39, 0.29) is 5.75 Å². The van der Waals surface area contributed by atoms with Gasteiger partial charge in [0.15, 0.2) is 28.9 Å². The number of carbonyl (C=O) groups is 1. The van der Waals surface area contributed by atoms with Gasteiger partial charge in [0.05, 0.1) is 12.7 Å². The first-order valence-corrected chi connectivity index (χ1v) is 5.97. The minimum absolute atomic E-state index is 0.129. The Hall–Kier alpha value is -2.63. The fraction of sp³-hybridized carbons (Fsp3) is 0.133. The number of carboxylic acids is 1. The molecular formula is C15H12F2O4. The van der Waals surface area contributed by atoms with Crippen LogP contribution in [0, 0.1) is 18.6 Å². The van der Waals surface area contributed by atoms with Crippen molar-refractivity contribution in [3.63, 3.8) is 0 Å². The van der Waals surface area contributed by atoms with Crippen molar-refractivity contribution >= 4 is 5.97 Å². The summed E-state index contributed by atoms with van der Waals surface area (Å²) < 4.78 is 37.9. The van der Waals surface area contributed by atoms with Gasteiger partial charge in [-0.25, -0.2) is 13.6 Å². The molecule has 0 radical (unpaired) electrons. The van der Waals surface area contributed by atoms with Crippen LogP contribution in [-0.2, 0) is 0 Å². The smallest absolute Gasteiger partial charge is 0.335 e. The molecule has 0 spiro atoms. The number of hydrogen-bond donors (Lipinski definition) is 1. The van der Waals surface area contributed by atoms with Crippen LogP contribution in [0.4, 0.5) is 8.78 Å². The topological polar surface area (TPSA) is 55.8 Å². The van der Waals surface area contributed by atoms with Gasteiger partial charge in [0.1, 0.15) is 0 Å². The Labute approximate surface area is 119 Å². The van der Waals surface area contributed by atoms with Crippen molar-refractivity contribution in [3.8, 4) is 17.2 Å². The summed E-state index contributed by atoms with van der Waals surface area (Å²) in [5, 5.41) is 8.73. The Morgan fingerprint density at radius 2 is 1.71 bits per heavy atom. The van der Waals surface area contributed by atoms with E-state index >= 15 is 0 Å². The quantitative estimate of drug-likeness (QED) is 0.932. The van der Waals surface area contributed by atoms with E-state index < -0.39 is 28.9 Å². The Kier molecular flexibility index (Phi) is 4.07. The van der Waals surface area contributed by atoms with Crippen LogP contribution >= 0.6 is 0 Å². The second-order valence-electron chi connectivity index (χ2n) is 4.33. The molecule has 6 heteroatoms. The zero-order valence-electron chi connectivity index (χ0n) is 11.3. The van der Waals surface area contributed by atoms with Gasteiger partial charge in [-0.1, -0.05) is 6.07 Å². The van der Waals surface area contributed by atoms with Crippen molar-refractivity contribution in [2.24, 2.45) is 0 Å². The predicted octanol–water partition coefficient (Wildman–Crippen LogP) is 3.77. The van der Waals surface area contributed by atoms with E-state index in [1.165, 1.54) is 13.2 Å². The number of rotatable bonds is 4. The van der Waals surface area contributed by atoms with Crippen molar-refractivity contribution < 1.29 is 28.2 Å². The zero-order chi connectivity index (χ0) is 15.6. The van der Waals surface area contributed by atoms with Crippen LogP contribution in [-0.4, -0.2) is 18.2 Å². The lowest BCUT2D eigenvalue weighted by Gasteiger charge is -2.12. The maximum absolute atomic E-state index is 13.8. The van der Waals surface area contributed by atoms with Crippen molar-refractivity contribution in [2.75, 3.05) is 7.11 Å². The highest BCUT2D eigenvalue weighted by Crippen LogP contribution is 2.35. The molecule has 0 aliphatic rings. The van der Waals surface area contributed by atoms with Gasteiger partial charge in [-0.2, -0.15) is 0 Å². The lowest BCUT2D eigenvalue weighted by atomic mass is 10.2. The number of carboxylic acid groups (broad SMARTS) is 1. The van der Waals surface area contributed by atoms with E-state index in [2.05, 4.69) is 0 Å². The molecule has 4 nitrogen and oxygen atoms in total. The van der Waals surface area contributed by atoms with Crippen molar-refractivity contribution in [3.05, 3.63) is 53.1 Å². The summed E-state index contributed by atoms with van der Waals surface area (Å²) in [6.07, 6.45) is 0. The van der Waals surface area contributed by atoms with Gasteiger partial charge in [-0.05, 0) is 36.8 Å². The largest absolute Gasteiger partial charge is 0.493 e. The zero-order valence-corrected chi connectivity index (χ0v) is 11.3. The van der Waals surface area contributed by atoms with Gasteiger partial charge in [0.2, 0.25) is 0 Å². The van der Waals surface area contributed by atoms with Crippen molar-refractivity contribution in [1.29, 1.82) is 0 Å². The molecule has 0 aliphatic carbocycles. The summed E-state index contributed by atoms with van der Waals surface area (Å²) in [4.78, 5) is 10.7. The molecule has 0 unspecified atom stereocenters. The number of aromatic carboxylic acids is 1. The summed E-state index contributed by atoms with van der Waals surface area (Å²) in [5.74, 6) is -3.86. The molecule has 0 atom stereocenters. The third-order valence-corrected chi connectivity index (χ3v) is 2.78. The average Bonchev–Trinajstić information content (AvgIpc) is 2.43. The number of methoxy groups -OCH3 is 1. The molecule has 0 aromatic heterocycles. The van der Waals surface area contributed by atoms with E-state index in [4.69, 9.17) is 14.6 Å². The molecule has 0 fully saturated rings. The molecule has 0 aliphatic heterocycles. The van der Waals surface area contributed by atoms with E-state index in [9.17, 15) is 13.6 Å². The van der Waals surface area contributed by atoms with E-state index in [0.29, 0.717) is 17.9 Å². The van der Waals surface area contributed by atoms with Gasteiger partial charge in [-0.15, -0.1) is 0 Å². The summed E-state index contributed by atoms with van der Waals surface area (Å²) in [5.41, 5.74) is 0.398. The second kappa shape index (κ2) is 5.78. The summed E-state index contributed by atoms with van der Waals surface area (Å²) in [7, 11) is 1.40. The van der Waals surface area contributed by atoms with Crippen molar-refractivity contribution in [2.45, 2.75) is 6.92 Å². The monoisotopic (exact) mass is 294 g/mol. The van der Waals surface area contributed by atoms with Crippen LogP contribution < -0.4 is 9.47 Å².